The minimum absolute atomic E-state index is 0.112. The van der Waals surface area contributed by atoms with E-state index in [-0.39, 0.29) is 6.61 Å². The zero-order valence-corrected chi connectivity index (χ0v) is 9.04. The van der Waals surface area contributed by atoms with Crippen molar-refractivity contribution < 1.29 is 9.84 Å². The van der Waals surface area contributed by atoms with Crippen LogP contribution in [0.1, 0.15) is 11.7 Å². The Hall–Kier alpha value is -1.24. The fourth-order valence-electron chi connectivity index (χ4n) is 1.62. The van der Waals surface area contributed by atoms with Crippen molar-refractivity contribution in [2.45, 2.75) is 6.04 Å². The van der Waals surface area contributed by atoms with Crippen LogP contribution in [0.15, 0.2) is 12.4 Å². The van der Waals surface area contributed by atoms with Gasteiger partial charge in [-0.2, -0.15) is 0 Å². The summed E-state index contributed by atoms with van der Waals surface area (Å²) in [4.78, 5) is 10.4. The van der Waals surface area contributed by atoms with Gasteiger partial charge in [-0.15, -0.1) is 0 Å². The van der Waals surface area contributed by atoms with Crippen LogP contribution in [0.4, 0.5) is 5.82 Å². The predicted molar refractivity (Wildman–Crippen MR) is 59.1 cm³/mol. The number of hydrogen-bond acceptors (Lipinski definition) is 6. The molecule has 1 saturated heterocycles. The molecule has 0 aromatic carbocycles. The topological polar surface area (TPSA) is 84.5 Å². The maximum absolute atomic E-state index is 8.97. The zero-order chi connectivity index (χ0) is 11.4. The number of morpholine rings is 1. The van der Waals surface area contributed by atoms with Crippen molar-refractivity contribution >= 4 is 5.82 Å². The Morgan fingerprint density at radius 2 is 2.19 bits per heavy atom. The van der Waals surface area contributed by atoms with Crippen molar-refractivity contribution in [1.82, 2.24) is 9.97 Å². The van der Waals surface area contributed by atoms with Gasteiger partial charge in [0.1, 0.15) is 12.1 Å². The first-order chi connectivity index (χ1) is 7.81. The van der Waals surface area contributed by atoms with Gasteiger partial charge >= 0.3 is 0 Å². The maximum Gasteiger partial charge on any atom is 0.132 e. The molecule has 0 amide bonds. The molecule has 3 N–H and O–H groups in total. The van der Waals surface area contributed by atoms with Crippen molar-refractivity contribution in [2.24, 2.45) is 5.73 Å². The first kappa shape index (κ1) is 11.3. The van der Waals surface area contributed by atoms with E-state index in [1.165, 1.54) is 6.33 Å². The molecule has 6 heteroatoms. The molecule has 0 aliphatic carbocycles. The normalized spacial score (nSPS) is 18.5. The van der Waals surface area contributed by atoms with Gasteiger partial charge in [0.15, 0.2) is 0 Å². The van der Waals surface area contributed by atoms with E-state index >= 15 is 0 Å². The lowest BCUT2D eigenvalue weighted by molar-refractivity contribution is 0.122. The summed E-state index contributed by atoms with van der Waals surface area (Å²) in [7, 11) is 0. The summed E-state index contributed by atoms with van der Waals surface area (Å²) in [6.07, 6.45) is 1.48. The summed E-state index contributed by atoms with van der Waals surface area (Å²) in [5, 5.41) is 8.97. The van der Waals surface area contributed by atoms with E-state index in [1.807, 2.05) is 6.07 Å². The van der Waals surface area contributed by atoms with Gasteiger partial charge < -0.3 is 20.5 Å². The predicted octanol–water partition coefficient (Wildman–Crippen LogP) is -0.695. The third-order valence-corrected chi connectivity index (χ3v) is 2.59. The smallest absolute Gasteiger partial charge is 0.132 e. The summed E-state index contributed by atoms with van der Waals surface area (Å²) < 4.78 is 5.27. The second-order valence-corrected chi connectivity index (χ2v) is 3.69. The van der Waals surface area contributed by atoms with Crippen molar-refractivity contribution in [2.75, 3.05) is 37.8 Å². The Balaban J connectivity index is 2.14. The Bertz CT molecular complexity index is 341. The summed E-state index contributed by atoms with van der Waals surface area (Å²) in [6.45, 7) is 2.96. The molecular formula is C10H16N4O2. The van der Waals surface area contributed by atoms with Crippen LogP contribution in [0, 0.1) is 0 Å². The van der Waals surface area contributed by atoms with Crippen molar-refractivity contribution in [3.63, 3.8) is 0 Å². The molecule has 0 radical (unpaired) electrons. The third-order valence-electron chi connectivity index (χ3n) is 2.59. The van der Waals surface area contributed by atoms with Crippen LogP contribution in [0.2, 0.25) is 0 Å². The first-order valence-electron chi connectivity index (χ1n) is 5.32. The maximum atomic E-state index is 8.97. The number of nitrogens with two attached hydrogens (primary N) is 1. The van der Waals surface area contributed by atoms with Crippen molar-refractivity contribution in [1.29, 1.82) is 0 Å². The van der Waals surface area contributed by atoms with Crippen molar-refractivity contribution in [3.8, 4) is 0 Å². The highest BCUT2D eigenvalue weighted by molar-refractivity contribution is 5.39. The van der Waals surface area contributed by atoms with E-state index < -0.39 is 6.04 Å². The number of aliphatic hydroxyl groups is 1. The molecule has 16 heavy (non-hydrogen) atoms. The quantitative estimate of drug-likeness (QED) is 0.706. The summed E-state index contributed by atoms with van der Waals surface area (Å²) >= 11 is 0. The Morgan fingerprint density at radius 1 is 1.44 bits per heavy atom. The Labute approximate surface area is 94.1 Å². The molecule has 1 aliphatic rings. The molecular weight excluding hydrogens is 208 g/mol. The average molecular weight is 224 g/mol. The molecule has 6 nitrogen and oxygen atoms in total. The van der Waals surface area contributed by atoms with E-state index in [0.29, 0.717) is 18.9 Å². The minimum Gasteiger partial charge on any atom is -0.394 e. The number of aliphatic hydroxyl groups excluding tert-OH is 1. The largest absolute Gasteiger partial charge is 0.394 e. The lowest BCUT2D eigenvalue weighted by atomic mass is 10.2. The van der Waals surface area contributed by atoms with E-state index in [2.05, 4.69) is 14.9 Å². The van der Waals surface area contributed by atoms with Gasteiger partial charge in [0.25, 0.3) is 0 Å². The van der Waals surface area contributed by atoms with Crippen LogP contribution in [0.25, 0.3) is 0 Å². The second-order valence-electron chi connectivity index (χ2n) is 3.69. The van der Waals surface area contributed by atoms with Crippen molar-refractivity contribution in [3.05, 3.63) is 18.1 Å². The van der Waals surface area contributed by atoms with Gasteiger partial charge in [-0.1, -0.05) is 0 Å². The number of hydrogen-bond donors (Lipinski definition) is 2. The number of rotatable bonds is 3. The lowest BCUT2D eigenvalue weighted by Gasteiger charge is -2.28. The highest BCUT2D eigenvalue weighted by atomic mass is 16.5. The summed E-state index contributed by atoms with van der Waals surface area (Å²) in [5.74, 6) is 0.845. The fraction of sp³-hybridized carbons (Fsp3) is 0.600. The highest BCUT2D eigenvalue weighted by Gasteiger charge is 2.14. The third kappa shape index (κ3) is 2.46. The van der Waals surface area contributed by atoms with Gasteiger partial charge in [0.05, 0.1) is 31.6 Å². The molecule has 1 aromatic rings. The van der Waals surface area contributed by atoms with E-state index in [1.54, 1.807) is 0 Å². The van der Waals surface area contributed by atoms with Crippen LogP contribution in [0.5, 0.6) is 0 Å². The Morgan fingerprint density at radius 3 is 2.88 bits per heavy atom. The molecule has 1 aliphatic heterocycles. The van der Waals surface area contributed by atoms with Gasteiger partial charge in [0, 0.05) is 19.2 Å². The van der Waals surface area contributed by atoms with E-state index in [4.69, 9.17) is 15.6 Å². The number of anilines is 1. The molecule has 1 atom stereocenters. The highest BCUT2D eigenvalue weighted by Crippen LogP contribution is 2.15. The van der Waals surface area contributed by atoms with E-state index in [9.17, 15) is 0 Å². The number of aromatic nitrogens is 2. The van der Waals surface area contributed by atoms with Crippen LogP contribution in [0.3, 0.4) is 0 Å². The molecule has 88 valence electrons. The molecule has 0 spiro atoms. The van der Waals surface area contributed by atoms with Gasteiger partial charge in [-0.3, -0.25) is 0 Å². The molecule has 1 aromatic heterocycles. The van der Waals surface area contributed by atoms with Gasteiger partial charge in [0.2, 0.25) is 0 Å². The lowest BCUT2D eigenvalue weighted by Crippen LogP contribution is -2.37. The first-order valence-corrected chi connectivity index (χ1v) is 5.32. The Kier molecular flexibility index (Phi) is 3.66. The molecule has 1 fully saturated rings. The summed E-state index contributed by atoms with van der Waals surface area (Å²) in [5.41, 5.74) is 6.37. The van der Waals surface area contributed by atoms with Gasteiger partial charge in [-0.05, 0) is 0 Å². The van der Waals surface area contributed by atoms with Gasteiger partial charge in [-0.25, -0.2) is 9.97 Å². The number of nitrogens with zero attached hydrogens (tertiary/aromatic N) is 3. The van der Waals surface area contributed by atoms with Crippen LogP contribution in [-0.4, -0.2) is 48.0 Å². The summed E-state index contributed by atoms with van der Waals surface area (Å²) in [6, 6.07) is 1.38. The minimum atomic E-state index is -0.442. The zero-order valence-electron chi connectivity index (χ0n) is 9.04. The average Bonchev–Trinajstić information content (AvgIpc) is 2.39. The van der Waals surface area contributed by atoms with Crippen LogP contribution >= 0.6 is 0 Å². The van der Waals surface area contributed by atoms with Crippen LogP contribution < -0.4 is 10.6 Å². The second kappa shape index (κ2) is 5.20. The molecule has 2 rings (SSSR count). The SMILES string of the molecule is NC(CO)c1cc(N2CCOCC2)ncn1. The molecule has 1 unspecified atom stereocenters. The molecule has 0 saturated carbocycles. The molecule has 0 bridgehead atoms. The molecule has 2 heterocycles. The van der Waals surface area contributed by atoms with Crippen LogP contribution in [-0.2, 0) is 4.74 Å². The number of ether oxygens (including phenoxy) is 1. The standard InChI is InChI=1S/C10H16N4O2/c11-8(6-15)9-5-10(13-7-12-9)14-1-3-16-4-2-14/h5,7-8,15H,1-4,6,11H2. The fourth-order valence-corrected chi connectivity index (χ4v) is 1.62. The monoisotopic (exact) mass is 224 g/mol. The van der Waals surface area contributed by atoms with E-state index in [0.717, 1.165) is 18.9 Å².